The third-order valence-corrected chi connectivity index (χ3v) is 8.13. The maximum absolute atomic E-state index is 14.0. The molecule has 1 saturated carbocycles. The minimum absolute atomic E-state index is 0.0905. The quantitative estimate of drug-likeness (QED) is 0.309. The van der Waals surface area contributed by atoms with Crippen molar-refractivity contribution in [3.63, 3.8) is 0 Å². The highest BCUT2D eigenvalue weighted by molar-refractivity contribution is 6.07. The van der Waals surface area contributed by atoms with Crippen LogP contribution in [0.4, 0.5) is 36.2 Å². The molecule has 0 atom stereocenters. The molecule has 0 unspecified atom stereocenters. The Bertz CT molecular complexity index is 1800. The van der Waals surface area contributed by atoms with E-state index in [0.29, 0.717) is 48.7 Å². The molecule has 4 heterocycles. The van der Waals surface area contributed by atoms with Gasteiger partial charge < -0.3 is 20.3 Å². The van der Waals surface area contributed by atoms with Crippen molar-refractivity contribution in [2.24, 2.45) is 0 Å². The maximum atomic E-state index is 14.0. The number of rotatable bonds is 5. The zero-order valence-electron chi connectivity index (χ0n) is 23.0. The van der Waals surface area contributed by atoms with Gasteiger partial charge in [0.25, 0.3) is 5.91 Å². The Balaban J connectivity index is 1.15. The minimum atomic E-state index is -4.62. The number of alkyl halides is 3. The number of aromatic nitrogens is 3. The molecule has 2 aliphatic heterocycles. The second-order valence-electron chi connectivity index (χ2n) is 11.0. The largest absolute Gasteiger partial charge is 0.493 e. The van der Waals surface area contributed by atoms with Crippen molar-refractivity contribution in [3.05, 3.63) is 94.6 Å². The smallest absolute Gasteiger partial charge is 0.417 e. The second-order valence-corrected chi connectivity index (χ2v) is 11.0. The van der Waals surface area contributed by atoms with Gasteiger partial charge in [-0.15, -0.1) is 0 Å². The standard InChI is InChI=1S/C31H25F3N6O3/c1-17-5-6-21(37-27(41)18-11-20(15-35-13-18)31(32,33)34)12-24(17)40-16-19-14-36-29(39-26(19)30(8-9-30)28(40)42)38-23-3-2-4-25-22(23)7-10-43-25/h2-6,11-15H,7-10,16H2,1H3,(H,37,41)(H,36,38,39). The molecule has 9 nitrogen and oxygen atoms in total. The van der Waals surface area contributed by atoms with E-state index in [1.54, 1.807) is 29.3 Å². The van der Waals surface area contributed by atoms with Crippen molar-refractivity contribution in [2.45, 2.75) is 44.3 Å². The molecule has 0 bridgehead atoms. The van der Waals surface area contributed by atoms with Gasteiger partial charge in [-0.25, -0.2) is 9.97 Å². The number of nitrogens with one attached hydrogen (secondary N) is 2. The number of aryl methyl sites for hydroxylation is 1. The normalized spacial score (nSPS) is 16.4. The van der Waals surface area contributed by atoms with Crippen LogP contribution in [0.5, 0.6) is 5.75 Å². The van der Waals surface area contributed by atoms with E-state index >= 15 is 0 Å². The fourth-order valence-electron chi connectivity index (χ4n) is 5.73. The van der Waals surface area contributed by atoms with Crippen molar-refractivity contribution in [1.29, 1.82) is 0 Å². The molecule has 1 fully saturated rings. The SMILES string of the molecule is Cc1ccc(NC(=O)c2cncc(C(F)(F)F)c2)cc1N1Cc2cnc(Nc3cccc4c3CCO4)nc2C2(CC2)C1=O. The summed E-state index contributed by atoms with van der Waals surface area (Å²) in [5, 5.41) is 5.94. The van der Waals surface area contributed by atoms with Gasteiger partial charge in [-0.2, -0.15) is 13.2 Å². The van der Waals surface area contributed by atoms with Gasteiger partial charge in [0, 0.05) is 53.2 Å². The first kappa shape index (κ1) is 26.9. The van der Waals surface area contributed by atoms with E-state index in [-0.39, 0.29) is 18.0 Å². The number of carbonyl (C=O) groups is 2. The summed E-state index contributed by atoms with van der Waals surface area (Å²) in [4.78, 5) is 41.4. The Morgan fingerprint density at radius 1 is 1.09 bits per heavy atom. The highest BCUT2D eigenvalue weighted by atomic mass is 19.4. The average molecular weight is 587 g/mol. The fourth-order valence-corrected chi connectivity index (χ4v) is 5.73. The zero-order valence-corrected chi connectivity index (χ0v) is 23.0. The van der Waals surface area contributed by atoms with E-state index in [0.717, 1.165) is 46.8 Å². The summed E-state index contributed by atoms with van der Waals surface area (Å²) in [5.74, 6) is 0.419. The van der Waals surface area contributed by atoms with Crippen LogP contribution in [-0.2, 0) is 29.4 Å². The van der Waals surface area contributed by atoms with E-state index in [1.165, 1.54) is 0 Å². The first-order valence-electron chi connectivity index (χ1n) is 13.8. The van der Waals surface area contributed by atoms with E-state index < -0.39 is 23.1 Å². The average Bonchev–Trinajstić information content (AvgIpc) is 3.64. The van der Waals surface area contributed by atoms with Crippen molar-refractivity contribution in [2.75, 3.05) is 22.1 Å². The predicted molar refractivity (Wildman–Crippen MR) is 151 cm³/mol. The molecule has 0 radical (unpaired) electrons. The molecule has 218 valence electrons. The van der Waals surface area contributed by atoms with Crippen molar-refractivity contribution >= 4 is 34.8 Å². The number of hydrogen-bond donors (Lipinski definition) is 2. The molecule has 2 aromatic heterocycles. The Morgan fingerprint density at radius 3 is 2.72 bits per heavy atom. The fraction of sp³-hybridized carbons (Fsp3) is 0.258. The summed E-state index contributed by atoms with van der Waals surface area (Å²) in [7, 11) is 0. The third kappa shape index (κ3) is 4.72. The summed E-state index contributed by atoms with van der Waals surface area (Å²) in [6.07, 6.45) is 0.947. The van der Waals surface area contributed by atoms with E-state index in [2.05, 4.69) is 20.6 Å². The van der Waals surface area contributed by atoms with Gasteiger partial charge in [-0.05, 0) is 55.7 Å². The van der Waals surface area contributed by atoms with Crippen LogP contribution in [0.2, 0.25) is 0 Å². The van der Waals surface area contributed by atoms with E-state index in [4.69, 9.17) is 9.72 Å². The summed E-state index contributed by atoms with van der Waals surface area (Å²) < 4.78 is 45.0. The number of anilines is 4. The number of carbonyl (C=O) groups excluding carboxylic acids is 2. The van der Waals surface area contributed by atoms with Gasteiger partial charge in [0.15, 0.2) is 0 Å². The molecule has 2 N–H and O–H groups in total. The Labute approximate surface area is 244 Å². The second kappa shape index (κ2) is 9.79. The first-order valence-corrected chi connectivity index (χ1v) is 13.8. The van der Waals surface area contributed by atoms with Crippen LogP contribution in [0.1, 0.15) is 51.1 Å². The van der Waals surface area contributed by atoms with Crippen LogP contribution in [0, 0.1) is 6.92 Å². The van der Waals surface area contributed by atoms with Crippen LogP contribution < -0.4 is 20.3 Å². The van der Waals surface area contributed by atoms with Crippen LogP contribution in [0.15, 0.2) is 61.1 Å². The monoisotopic (exact) mass is 586 g/mol. The number of benzene rings is 2. The highest BCUT2D eigenvalue weighted by Gasteiger charge is 2.58. The van der Waals surface area contributed by atoms with E-state index in [1.807, 2.05) is 25.1 Å². The molecule has 1 spiro atoms. The first-order chi connectivity index (χ1) is 20.6. The molecule has 12 heteroatoms. The van der Waals surface area contributed by atoms with Crippen LogP contribution in [-0.4, -0.2) is 33.4 Å². The Morgan fingerprint density at radius 2 is 1.93 bits per heavy atom. The lowest BCUT2D eigenvalue weighted by Crippen LogP contribution is -2.45. The van der Waals surface area contributed by atoms with Crippen LogP contribution in [0.3, 0.4) is 0 Å². The molecule has 2 amide bonds. The molecule has 43 heavy (non-hydrogen) atoms. The summed E-state index contributed by atoms with van der Waals surface area (Å²) in [5.41, 5.74) is 3.20. The van der Waals surface area contributed by atoms with Gasteiger partial charge in [0.1, 0.15) is 5.75 Å². The van der Waals surface area contributed by atoms with Gasteiger partial charge in [0.05, 0.1) is 35.4 Å². The maximum Gasteiger partial charge on any atom is 0.417 e. The number of ether oxygens (including phenoxy) is 1. The van der Waals surface area contributed by atoms with Gasteiger partial charge in [-0.3, -0.25) is 14.6 Å². The molecule has 3 aliphatic rings. The third-order valence-electron chi connectivity index (χ3n) is 8.13. The molecular formula is C31H25F3N6O3. The Kier molecular flexibility index (Phi) is 6.12. The lowest BCUT2D eigenvalue weighted by molar-refractivity contribution is -0.137. The number of fused-ring (bicyclic) bond motifs is 3. The summed E-state index contributed by atoms with van der Waals surface area (Å²) in [6.45, 7) is 2.71. The topological polar surface area (TPSA) is 109 Å². The van der Waals surface area contributed by atoms with Gasteiger partial charge in [-0.1, -0.05) is 12.1 Å². The lowest BCUT2D eigenvalue weighted by atomic mass is 9.91. The highest BCUT2D eigenvalue weighted by Crippen LogP contribution is 2.53. The Hall–Kier alpha value is -5.00. The van der Waals surface area contributed by atoms with Crippen LogP contribution >= 0.6 is 0 Å². The zero-order chi connectivity index (χ0) is 29.9. The molecule has 4 aromatic rings. The lowest BCUT2D eigenvalue weighted by Gasteiger charge is -2.34. The molecular weight excluding hydrogens is 561 g/mol. The van der Waals surface area contributed by atoms with Gasteiger partial charge in [0.2, 0.25) is 11.9 Å². The van der Waals surface area contributed by atoms with Crippen LogP contribution in [0.25, 0.3) is 0 Å². The predicted octanol–water partition coefficient (Wildman–Crippen LogP) is 5.71. The van der Waals surface area contributed by atoms with Crippen molar-refractivity contribution in [3.8, 4) is 5.75 Å². The molecule has 2 aromatic carbocycles. The number of hydrogen-bond acceptors (Lipinski definition) is 7. The van der Waals surface area contributed by atoms with Crippen molar-refractivity contribution in [1.82, 2.24) is 15.0 Å². The summed E-state index contributed by atoms with van der Waals surface area (Å²) in [6, 6.07) is 11.6. The molecule has 1 aliphatic carbocycles. The van der Waals surface area contributed by atoms with Crippen molar-refractivity contribution < 1.29 is 27.5 Å². The van der Waals surface area contributed by atoms with E-state index in [9.17, 15) is 22.8 Å². The molecule has 0 saturated heterocycles. The number of amides is 2. The molecule has 7 rings (SSSR count). The summed E-state index contributed by atoms with van der Waals surface area (Å²) >= 11 is 0. The number of nitrogens with zero attached hydrogens (tertiary/aromatic N) is 4. The number of pyridine rings is 1. The van der Waals surface area contributed by atoms with Gasteiger partial charge >= 0.3 is 6.18 Å². The number of halogens is 3. The minimum Gasteiger partial charge on any atom is -0.493 e.